The summed E-state index contributed by atoms with van der Waals surface area (Å²) in [5, 5.41) is 2.92. The molecule has 0 bridgehead atoms. The van der Waals surface area contributed by atoms with Gasteiger partial charge in [0.2, 0.25) is 0 Å². The molecule has 0 fully saturated rings. The average molecular weight is 159 g/mol. The molecule has 0 aliphatic carbocycles. The molecule has 4 heteroatoms. The second-order valence-corrected chi connectivity index (χ2v) is 2.26. The minimum atomic E-state index is 0.181. The van der Waals surface area contributed by atoms with Gasteiger partial charge in [0.15, 0.2) is 5.96 Å². The molecule has 4 nitrogen and oxygen atoms in total. The van der Waals surface area contributed by atoms with E-state index in [1.165, 1.54) is 0 Å². The lowest BCUT2D eigenvalue weighted by Gasteiger charge is -2.12. The van der Waals surface area contributed by atoms with Crippen LogP contribution < -0.4 is 11.1 Å². The highest BCUT2D eigenvalue weighted by Crippen LogP contribution is 1.86. The standard InChI is InChI=1S/C7H17N3O/c1-4-11-6(2)5-10-7(8)9-3/h6H,4-5H2,1-3H3,(H3,8,9,10). The minimum Gasteiger partial charge on any atom is -0.377 e. The Kier molecular flexibility index (Phi) is 5.56. The number of nitrogens with two attached hydrogens (primary N) is 1. The van der Waals surface area contributed by atoms with Crippen molar-refractivity contribution in [3.63, 3.8) is 0 Å². The normalized spacial score (nSPS) is 14.6. The highest BCUT2D eigenvalue weighted by Gasteiger charge is 1.99. The average Bonchev–Trinajstić information content (AvgIpc) is 2.01. The van der Waals surface area contributed by atoms with Crippen molar-refractivity contribution in [2.45, 2.75) is 20.0 Å². The van der Waals surface area contributed by atoms with E-state index in [0.29, 0.717) is 12.5 Å². The van der Waals surface area contributed by atoms with E-state index >= 15 is 0 Å². The molecule has 0 aliphatic rings. The molecule has 0 spiro atoms. The molecule has 0 aromatic carbocycles. The maximum atomic E-state index is 5.40. The first-order valence-corrected chi connectivity index (χ1v) is 3.78. The Morgan fingerprint density at radius 1 is 1.73 bits per heavy atom. The van der Waals surface area contributed by atoms with Crippen molar-refractivity contribution in [2.24, 2.45) is 10.7 Å². The van der Waals surface area contributed by atoms with E-state index in [2.05, 4.69) is 10.3 Å². The monoisotopic (exact) mass is 159 g/mol. The number of ether oxygens (including phenoxy) is 1. The van der Waals surface area contributed by atoms with Crippen LogP contribution in [0.5, 0.6) is 0 Å². The number of guanidine groups is 1. The summed E-state index contributed by atoms with van der Waals surface area (Å²) in [5.74, 6) is 0.455. The summed E-state index contributed by atoms with van der Waals surface area (Å²) < 4.78 is 5.26. The Hall–Kier alpha value is -0.770. The highest BCUT2D eigenvalue weighted by molar-refractivity contribution is 5.77. The topological polar surface area (TPSA) is 59.6 Å². The zero-order valence-corrected chi connectivity index (χ0v) is 7.42. The Bertz CT molecular complexity index is 125. The van der Waals surface area contributed by atoms with Gasteiger partial charge in [-0.25, -0.2) is 0 Å². The quantitative estimate of drug-likeness (QED) is 0.446. The lowest BCUT2D eigenvalue weighted by atomic mass is 10.4. The van der Waals surface area contributed by atoms with Gasteiger partial charge >= 0.3 is 0 Å². The fraction of sp³-hybridized carbons (Fsp3) is 0.857. The molecule has 11 heavy (non-hydrogen) atoms. The predicted octanol–water partition coefficient (Wildman–Crippen LogP) is -0.0545. The van der Waals surface area contributed by atoms with Gasteiger partial charge in [-0.3, -0.25) is 4.99 Å². The van der Waals surface area contributed by atoms with Crippen LogP contribution in [0, 0.1) is 0 Å². The summed E-state index contributed by atoms with van der Waals surface area (Å²) in [4.78, 5) is 3.75. The van der Waals surface area contributed by atoms with Crippen LogP contribution in [0.3, 0.4) is 0 Å². The molecule has 0 aliphatic heterocycles. The lowest BCUT2D eigenvalue weighted by molar-refractivity contribution is 0.0794. The zero-order valence-electron chi connectivity index (χ0n) is 7.42. The van der Waals surface area contributed by atoms with Crippen LogP contribution in [0.1, 0.15) is 13.8 Å². The lowest BCUT2D eigenvalue weighted by Crippen LogP contribution is -2.37. The number of rotatable bonds is 4. The Balaban J connectivity index is 3.37. The maximum Gasteiger partial charge on any atom is 0.188 e. The van der Waals surface area contributed by atoms with Gasteiger partial charge in [-0.15, -0.1) is 0 Å². The fourth-order valence-electron chi connectivity index (χ4n) is 0.671. The van der Waals surface area contributed by atoms with Crippen molar-refractivity contribution in [3.8, 4) is 0 Å². The van der Waals surface area contributed by atoms with Gasteiger partial charge in [-0.05, 0) is 13.8 Å². The van der Waals surface area contributed by atoms with Gasteiger partial charge in [0.25, 0.3) is 0 Å². The molecule has 0 saturated carbocycles. The van der Waals surface area contributed by atoms with Crippen molar-refractivity contribution >= 4 is 5.96 Å². The summed E-state index contributed by atoms with van der Waals surface area (Å²) in [7, 11) is 1.65. The van der Waals surface area contributed by atoms with Crippen LogP contribution in [0.15, 0.2) is 4.99 Å². The first-order valence-electron chi connectivity index (χ1n) is 3.78. The van der Waals surface area contributed by atoms with Gasteiger partial charge in [-0.1, -0.05) is 0 Å². The largest absolute Gasteiger partial charge is 0.377 e. The second kappa shape index (κ2) is 5.97. The number of hydrogen-bond donors (Lipinski definition) is 2. The molecule has 0 amide bonds. The third-order valence-electron chi connectivity index (χ3n) is 1.26. The molecule has 0 saturated heterocycles. The van der Waals surface area contributed by atoms with E-state index in [9.17, 15) is 0 Å². The third-order valence-corrected chi connectivity index (χ3v) is 1.26. The number of hydrogen-bond acceptors (Lipinski definition) is 2. The summed E-state index contributed by atoms with van der Waals surface area (Å²) in [5.41, 5.74) is 5.40. The van der Waals surface area contributed by atoms with E-state index in [0.717, 1.165) is 6.61 Å². The third kappa shape index (κ3) is 5.66. The SMILES string of the molecule is CCOC(C)CNC(N)=NC. The van der Waals surface area contributed by atoms with Crippen LogP contribution in [0.2, 0.25) is 0 Å². The van der Waals surface area contributed by atoms with Crippen molar-refractivity contribution in [1.82, 2.24) is 5.32 Å². The predicted molar refractivity (Wildman–Crippen MR) is 46.6 cm³/mol. The minimum absolute atomic E-state index is 0.181. The molecule has 0 heterocycles. The Morgan fingerprint density at radius 3 is 2.82 bits per heavy atom. The molecule has 0 aromatic rings. The van der Waals surface area contributed by atoms with E-state index < -0.39 is 0 Å². The van der Waals surface area contributed by atoms with Gasteiger partial charge in [-0.2, -0.15) is 0 Å². The zero-order chi connectivity index (χ0) is 8.69. The number of nitrogens with one attached hydrogen (secondary N) is 1. The van der Waals surface area contributed by atoms with E-state index in [-0.39, 0.29) is 6.10 Å². The molecular weight excluding hydrogens is 142 g/mol. The molecular formula is C7H17N3O. The van der Waals surface area contributed by atoms with Gasteiger partial charge < -0.3 is 15.8 Å². The van der Waals surface area contributed by atoms with Crippen molar-refractivity contribution in [3.05, 3.63) is 0 Å². The molecule has 1 unspecified atom stereocenters. The molecule has 0 aromatic heterocycles. The van der Waals surface area contributed by atoms with Crippen LogP contribution in [0.4, 0.5) is 0 Å². The second-order valence-electron chi connectivity index (χ2n) is 2.26. The van der Waals surface area contributed by atoms with E-state index in [1.54, 1.807) is 7.05 Å². The summed E-state index contributed by atoms with van der Waals surface area (Å²) in [6.07, 6.45) is 0.181. The van der Waals surface area contributed by atoms with Crippen molar-refractivity contribution in [1.29, 1.82) is 0 Å². The molecule has 66 valence electrons. The highest BCUT2D eigenvalue weighted by atomic mass is 16.5. The van der Waals surface area contributed by atoms with Crippen LogP contribution in [-0.4, -0.2) is 32.3 Å². The van der Waals surface area contributed by atoms with Gasteiger partial charge in [0.05, 0.1) is 6.10 Å². The van der Waals surface area contributed by atoms with Gasteiger partial charge in [0.1, 0.15) is 0 Å². The van der Waals surface area contributed by atoms with Crippen LogP contribution >= 0.6 is 0 Å². The first-order chi connectivity index (χ1) is 5.20. The van der Waals surface area contributed by atoms with Crippen LogP contribution in [-0.2, 0) is 4.74 Å². The van der Waals surface area contributed by atoms with Crippen LogP contribution in [0.25, 0.3) is 0 Å². The summed E-state index contributed by atoms with van der Waals surface area (Å²) in [6, 6.07) is 0. The van der Waals surface area contributed by atoms with Crippen molar-refractivity contribution < 1.29 is 4.74 Å². The van der Waals surface area contributed by atoms with E-state index in [4.69, 9.17) is 10.5 Å². The maximum absolute atomic E-state index is 5.40. The van der Waals surface area contributed by atoms with E-state index in [1.807, 2.05) is 13.8 Å². The van der Waals surface area contributed by atoms with Gasteiger partial charge in [0, 0.05) is 20.2 Å². The number of nitrogens with zero attached hydrogens (tertiary/aromatic N) is 1. The summed E-state index contributed by atoms with van der Waals surface area (Å²) >= 11 is 0. The van der Waals surface area contributed by atoms with Crippen molar-refractivity contribution in [2.75, 3.05) is 20.2 Å². The summed E-state index contributed by atoms with van der Waals surface area (Å²) in [6.45, 7) is 5.39. The smallest absolute Gasteiger partial charge is 0.188 e. The molecule has 0 rings (SSSR count). The Morgan fingerprint density at radius 2 is 2.36 bits per heavy atom. The number of aliphatic imine (C=N–C) groups is 1. The first kappa shape index (κ1) is 10.2. The molecule has 1 atom stereocenters. The molecule has 3 N–H and O–H groups in total. The Labute approximate surface area is 67.8 Å². The molecule has 0 radical (unpaired) electrons. The fourth-order valence-corrected chi connectivity index (χ4v) is 0.671.